The molecular formula is C6H12N2O3S. The van der Waals surface area contributed by atoms with Crippen LogP contribution in [0.5, 0.6) is 0 Å². The number of rotatable bonds is 2. The predicted octanol–water partition coefficient (Wildman–Crippen LogP) is -0.865. The van der Waals surface area contributed by atoms with Crippen molar-refractivity contribution in [1.29, 1.82) is 0 Å². The Labute approximate surface area is 71.5 Å². The van der Waals surface area contributed by atoms with E-state index in [-0.39, 0.29) is 11.5 Å². The Morgan fingerprint density at radius 1 is 1.75 bits per heavy atom. The molecule has 1 rings (SSSR count). The van der Waals surface area contributed by atoms with E-state index in [9.17, 15) is 8.42 Å². The highest BCUT2D eigenvalue weighted by molar-refractivity contribution is 7.92. The van der Waals surface area contributed by atoms with E-state index in [2.05, 4.69) is 5.16 Å². The fraction of sp³-hybridized carbons (Fsp3) is 0.833. The molecule has 1 heterocycles. The molecule has 0 spiro atoms. The van der Waals surface area contributed by atoms with Gasteiger partial charge in [0.15, 0.2) is 9.84 Å². The zero-order chi connectivity index (χ0) is 9.19. The van der Waals surface area contributed by atoms with Crippen molar-refractivity contribution >= 4 is 15.5 Å². The lowest BCUT2D eigenvalue weighted by molar-refractivity contribution is 0.158. The molecule has 1 saturated heterocycles. The third-order valence-electron chi connectivity index (χ3n) is 1.54. The van der Waals surface area contributed by atoms with E-state index < -0.39 is 15.9 Å². The van der Waals surface area contributed by atoms with Crippen LogP contribution in [0.2, 0.25) is 0 Å². The minimum absolute atomic E-state index is 0.0150. The molecule has 1 fully saturated rings. The van der Waals surface area contributed by atoms with Crippen LogP contribution in [-0.4, -0.2) is 38.3 Å². The Hall–Kier alpha value is -0.620. The molecule has 0 bridgehead atoms. The number of hydrogen-bond donors (Lipinski definition) is 1. The summed E-state index contributed by atoms with van der Waals surface area (Å²) in [7, 11) is -3.01. The summed E-state index contributed by atoms with van der Waals surface area (Å²) in [5.74, 6) is -0.0763. The van der Waals surface area contributed by atoms with Crippen molar-refractivity contribution in [3.05, 3.63) is 0 Å². The van der Waals surface area contributed by atoms with Crippen LogP contribution in [0.15, 0.2) is 5.16 Å². The molecule has 0 radical (unpaired) electrons. The third kappa shape index (κ3) is 2.18. The van der Waals surface area contributed by atoms with Gasteiger partial charge < -0.3 is 10.6 Å². The minimum Gasteiger partial charge on any atom is -0.396 e. The second-order valence-electron chi connectivity index (χ2n) is 2.66. The summed E-state index contributed by atoms with van der Waals surface area (Å²) in [6, 6.07) is -0.485. The summed E-state index contributed by atoms with van der Waals surface area (Å²) in [4.78, 5) is 4.72. The van der Waals surface area contributed by atoms with Crippen LogP contribution in [0.3, 0.4) is 0 Å². The van der Waals surface area contributed by atoms with Gasteiger partial charge in [-0.25, -0.2) is 8.42 Å². The van der Waals surface area contributed by atoms with E-state index in [1.54, 1.807) is 6.92 Å². The maximum absolute atomic E-state index is 11.0. The first kappa shape index (κ1) is 9.47. The first-order valence-corrected chi connectivity index (χ1v) is 5.52. The highest BCUT2D eigenvalue weighted by Crippen LogP contribution is 2.07. The van der Waals surface area contributed by atoms with Crippen molar-refractivity contribution in [1.82, 2.24) is 0 Å². The van der Waals surface area contributed by atoms with Gasteiger partial charge in [-0.05, 0) is 6.92 Å². The second-order valence-corrected chi connectivity index (χ2v) is 4.77. The van der Waals surface area contributed by atoms with Gasteiger partial charge >= 0.3 is 0 Å². The Balaban J connectivity index is 2.70. The molecule has 70 valence electrons. The number of nitrogens with zero attached hydrogens (tertiary/aromatic N) is 1. The molecule has 0 aromatic heterocycles. The summed E-state index contributed by atoms with van der Waals surface area (Å²) in [5, 5.41) is 3.63. The van der Waals surface area contributed by atoms with Crippen molar-refractivity contribution < 1.29 is 13.3 Å². The highest BCUT2D eigenvalue weighted by Gasteiger charge is 2.32. The number of oxime groups is 1. The average Bonchev–Trinajstić information content (AvgIpc) is 2.20. The van der Waals surface area contributed by atoms with Gasteiger partial charge in [0.25, 0.3) is 0 Å². The molecule has 0 amide bonds. The van der Waals surface area contributed by atoms with E-state index in [4.69, 9.17) is 10.6 Å². The van der Waals surface area contributed by atoms with Crippen LogP contribution in [0, 0.1) is 0 Å². The van der Waals surface area contributed by atoms with Crippen molar-refractivity contribution in [2.75, 3.05) is 18.1 Å². The highest BCUT2D eigenvalue weighted by atomic mass is 32.2. The molecule has 1 aliphatic rings. The Bertz CT molecular complexity index is 283. The van der Waals surface area contributed by atoms with Crippen LogP contribution in [0.25, 0.3) is 0 Å². The molecule has 1 unspecified atom stereocenters. The lowest BCUT2D eigenvalue weighted by Gasteiger charge is -1.99. The van der Waals surface area contributed by atoms with Crippen molar-refractivity contribution in [2.24, 2.45) is 10.9 Å². The van der Waals surface area contributed by atoms with Crippen LogP contribution in [0.4, 0.5) is 0 Å². The van der Waals surface area contributed by atoms with E-state index in [0.29, 0.717) is 12.3 Å². The predicted molar refractivity (Wildman–Crippen MR) is 45.7 cm³/mol. The SMILES string of the molecule is CCO/N=C1\CS(=O)(=O)CC1N. The van der Waals surface area contributed by atoms with Crippen molar-refractivity contribution in [3.63, 3.8) is 0 Å². The van der Waals surface area contributed by atoms with E-state index in [1.165, 1.54) is 0 Å². The summed E-state index contributed by atoms with van der Waals surface area (Å²) in [5.41, 5.74) is 5.93. The van der Waals surface area contributed by atoms with Gasteiger partial charge in [-0.15, -0.1) is 0 Å². The molecule has 1 aliphatic heterocycles. The zero-order valence-electron chi connectivity index (χ0n) is 6.86. The standard InChI is InChI=1S/C6H12N2O3S/c1-2-11-8-6-4-12(9,10)3-5(6)7/h5H,2-4,7H2,1H3/b8-6+. The molecule has 6 heteroatoms. The van der Waals surface area contributed by atoms with Crippen LogP contribution >= 0.6 is 0 Å². The molecule has 0 aromatic rings. The van der Waals surface area contributed by atoms with Crippen LogP contribution in [-0.2, 0) is 14.7 Å². The summed E-state index contributed by atoms with van der Waals surface area (Å²) >= 11 is 0. The molecule has 5 nitrogen and oxygen atoms in total. The fourth-order valence-electron chi connectivity index (χ4n) is 1.00. The largest absolute Gasteiger partial charge is 0.396 e. The second kappa shape index (κ2) is 3.40. The summed E-state index contributed by atoms with van der Waals surface area (Å²) < 4.78 is 22.0. The van der Waals surface area contributed by atoms with E-state index in [0.717, 1.165) is 0 Å². The average molecular weight is 192 g/mol. The Morgan fingerprint density at radius 2 is 2.42 bits per heavy atom. The van der Waals surface area contributed by atoms with Gasteiger partial charge in [-0.2, -0.15) is 0 Å². The topological polar surface area (TPSA) is 81.8 Å². The molecule has 0 saturated carbocycles. The lowest BCUT2D eigenvalue weighted by atomic mass is 10.2. The molecule has 1 atom stereocenters. The summed E-state index contributed by atoms with van der Waals surface area (Å²) in [6.07, 6.45) is 0. The first-order valence-electron chi connectivity index (χ1n) is 3.70. The van der Waals surface area contributed by atoms with Crippen LogP contribution in [0.1, 0.15) is 6.92 Å². The number of sulfone groups is 1. The van der Waals surface area contributed by atoms with Gasteiger partial charge in [-0.1, -0.05) is 5.16 Å². The summed E-state index contributed by atoms with van der Waals surface area (Å²) in [6.45, 7) is 2.20. The van der Waals surface area contributed by atoms with Crippen LogP contribution < -0.4 is 5.73 Å². The maximum atomic E-state index is 11.0. The van der Waals surface area contributed by atoms with Gasteiger partial charge in [-0.3, -0.25) is 0 Å². The van der Waals surface area contributed by atoms with Gasteiger partial charge in [0, 0.05) is 0 Å². The number of hydrogen-bond acceptors (Lipinski definition) is 5. The van der Waals surface area contributed by atoms with E-state index in [1.807, 2.05) is 0 Å². The Morgan fingerprint density at radius 3 is 2.83 bits per heavy atom. The molecule has 2 N–H and O–H groups in total. The lowest BCUT2D eigenvalue weighted by Crippen LogP contribution is -2.28. The number of nitrogens with two attached hydrogens (primary N) is 1. The fourth-order valence-corrected chi connectivity index (χ4v) is 2.58. The third-order valence-corrected chi connectivity index (χ3v) is 3.14. The Kier molecular flexibility index (Phi) is 2.69. The van der Waals surface area contributed by atoms with Gasteiger partial charge in [0.05, 0.1) is 23.3 Å². The molecule has 12 heavy (non-hydrogen) atoms. The van der Waals surface area contributed by atoms with Gasteiger partial charge in [0.2, 0.25) is 0 Å². The van der Waals surface area contributed by atoms with Crippen molar-refractivity contribution in [3.8, 4) is 0 Å². The quantitative estimate of drug-likeness (QED) is 0.577. The maximum Gasteiger partial charge on any atom is 0.157 e. The smallest absolute Gasteiger partial charge is 0.157 e. The monoisotopic (exact) mass is 192 g/mol. The van der Waals surface area contributed by atoms with Gasteiger partial charge in [0.1, 0.15) is 6.61 Å². The van der Waals surface area contributed by atoms with E-state index >= 15 is 0 Å². The normalized spacial score (nSPS) is 30.8. The van der Waals surface area contributed by atoms with Crippen molar-refractivity contribution in [2.45, 2.75) is 13.0 Å². The molecule has 0 aliphatic carbocycles. The minimum atomic E-state index is -3.01. The zero-order valence-corrected chi connectivity index (χ0v) is 7.67. The molecular weight excluding hydrogens is 180 g/mol. The molecule has 0 aromatic carbocycles. The first-order chi connectivity index (χ1) is 5.55.